The van der Waals surface area contributed by atoms with Gasteiger partial charge in [-0.05, 0) is 100 Å². The Morgan fingerprint density at radius 3 is 1.36 bits per heavy atom. The average Bonchev–Trinajstić information content (AvgIpc) is 3.42. The van der Waals surface area contributed by atoms with Crippen LogP contribution in [0.2, 0.25) is 0 Å². The second kappa shape index (κ2) is 11.5. The number of rotatable bonds is 6. The van der Waals surface area contributed by atoms with Crippen LogP contribution in [-0.4, -0.2) is 6.71 Å². The van der Waals surface area contributed by atoms with Crippen molar-refractivity contribution in [1.82, 2.24) is 0 Å². The maximum Gasteiger partial charge on any atom is 0.243 e. The van der Waals surface area contributed by atoms with Gasteiger partial charge in [0.1, 0.15) is 0 Å². The van der Waals surface area contributed by atoms with Gasteiger partial charge in [-0.25, -0.2) is 0 Å². The van der Waals surface area contributed by atoms with Crippen molar-refractivity contribution in [3.8, 4) is 0 Å². The first-order chi connectivity index (χ1) is 21.3. The summed E-state index contributed by atoms with van der Waals surface area (Å²) in [5.41, 5.74) is 15.6. The highest BCUT2D eigenvalue weighted by atomic mass is 31.1. The van der Waals surface area contributed by atoms with E-state index in [0.29, 0.717) is 0 Å². The summed E-state index contributed by atoms with van der Waals surface area (Å²) < 4.78 is 0. The molecule has 2 heteroatoms. The summed E-state index contributed by atoms with van der Waals surface area (Å²) in [6, 6.07) is 41.9. The normalized spacial score (nSPS) is 12.3. The molecule has 0 fully saturated rings. The lowest BCUT2D eigenvalue weighted by Gasteiger charge is -2.28. The first-order valence-corrected chi connectivity index (χ1v) is 17.3. The molecule has 0 radical (unpaired) electrons. The molecule has 0 nitrogen and oxygen atoms in total. The molecular weight excluding hydrogens is 546 g/mol. The van der Waals surface area contributed by atoms with E-state index in [4.69, 9.17) is 0 Å². The van der Waals surface area contributed by atoms with Gasteiger partial charge < -0.3 is 0 Å². The Kier molecular flexibility index (Phi) is 7.56. The van der Waals surface area contributed by atoms with Crippen LogP contribution >= 0.6 is 7.92 Å². The van der Waals surface area contributed by atoms with Crippen molar-refractivity contribution < 1.29 is 0 Å². The predicted molar refractivity (Wildman–Crippen MR) is 196 cm³/mol. The molecule has 0 aliphatic heterocycles. The van der Waals surface area contributed by atoms with E-state index in [0.717, 1.165) is 12.8 Å². The van der Waals surface area contributed by atoms with Gasteiger partial charge in [0.2, 0.25) is 6.71 Å². The first kappa shape index (κ1) is 28.8. The Labute approximate surface area is 265 Å². The molecule has 0 aromatic heterocycles. The topological polar surface area (TPSA) is 0 Å². The molecule has 216 valence electrons. The largest absolute Gasteiger partial charge is 0.243 e. The number of hydrogen-bond acceptors (Lipinski definition) is 0. The van der Waals surface area contributed by atoms with Gasteiger partial charge in [-0.2, -0.15) is 0 Å². The van der Waals surface area contributed by atoms with Gasteiger partial charge in [0.05, 0.1) is 0 Å². The molecule has 0 atom stereocenters. The van der Waals surface area contributed by atoms with E-state index in [1.54, 1.807) is 0 Å². The van der Waals surface area contributed by atoms with E-state index in [-0.39, 0.29) is 6.71 Å². The monoisotopic (exact) mass is 586 g/mol. The van der Waals surface area contributed by atoms with Crippen molar-refractivity contribution in [2.24, 2.45) is 0 Å². The van der Waals surface area contributed by atoms with E-state index in [9.17, 15) is 0 Å². The molecule has 7 rings (SSSR count). The minimum absolute atomic E-state index is 0.142. The summed E-state index contributed by atoms with van der Waals surface area (Å²) in [6.45, 7) is 13.9. The fourth-order valence-electron chi connectivity index (χ4n) is 8.09. The lowest BCUT2D eigenvalue weighted by atomic mass is 9.33. The minimum atomic E-state index is -0.763. The van der Waals surface area contributed by atoms with Crippen LogP contribution in [0.25, 0.3) is 10.8 Å². The molecule has 0 N–H and O–H groups in total. The van der Waals surface area contributed by atoms with Gasteiger partial charge in [-0.15, -0.1) is 0 Å². The lowest BCUT2D eigenvalue weighted by Crippen LogP contribution is -2.56. The van der Waals surface area contributed by atoms with Crippen LogP contribution in [-0.2, 0) is 12.8 Å². The van der Waals surface area contributed by atoms with Crippen LogP contribution in [0, 0.1) is 41.5 Å². The zero-order valence-corrected chi connectivity index (χ0v) is 27.7. The molecule has 1 aliphatic rings. The molecule has 6 aromatic rings. The van der Waals surface area contributed by atoms with E-state index >= 15 is 0 Å². The van der Waals surface area contributed by atoms with Crippen molar-refractivity contribution in [1.29, 1.82) is 0 Å². The van der Waals surface area contributed by atoms with Crippen LogP contribution in [0.1, 0.15) is 44.5 Å². The Morgan fingerprint density at radius 1 is 0.477 bits per heavy atom. The van der Waals surface area contributed by atoms with E-state index in [2.05, 4.69) is 151 Å². The summed E-state index contributed by atoms with van der Waals surface area (Å²) in [5.74, 6) is 0. The number of hydrogen-bond donors (Lipinski definition) is 0. The van der Waals surface area contributed by atoms with Gasteiger partial charge in [-0.3, -0.25) is 0 Å². The highest BCUT2D eigenvalue weighted by Crippen LogP contribution is 2.39. The van der Waals surface area contributed by atoms with Crippen LogP contribution in [0.15, 0.2) is 109 Å². The highest BCUT2D eigenvalue weighted by Gasteiger charge is 2.33. The van der Waals surface area contributed by atoms with E-state index < -0.39 is 7.92 Å². The maximum absolute atomic E-state index is 2.50. The molecule has 0 spiro atoms. The van der Waals surface area contributed by atoms with Gasteiger partial charge in [-0.1, -0.05) is 159 Å². The summed E-state index contributed by atoms with van der Waals surface area (Å²) in [4.78, 5) is 0. The number of aryl methyl sites for hydroxylation is 8. The van der Waals surface area contributed by atoms with Gasteiger partial charge in [0, 0.05) is 0 Å². The Morgan fingerprint density at radius 2 is 0.909 bits per heavy atom. The van der Waals surface area contributed by atoms with Crippen molar-refractivity contribution in [2.45, 2.75) is 54.4 Å². The third-order valence-electron chi connectivity index (χ3n) is 9.64. The lowest BCUT2D eigenvalue weighted by molar-refractivity contribution is 1.02. The molecule has 0 saturated heterocycles. The van der Waals surface area contributed by atoms with Crippen molar-refractivity contribution >= 4 is 57.7 Å². The van der Waals surface area contributed by atoms with E-state index in [1.165, 1.54) is 87.6 Å². The standard InChI is InChI=1S/C42H40BP/c1-27-23-29(3)41(30(4)24-27)43(42-31(5)25-28(2)26-32(42)6)37-21-19-33-17-18-34-20-22-38(40(37)39(33)34)44(35-13-9-7-10-14-35)36-15-11-8-12-16-36/h7-16,19-26H,17-18H2,1-6H3. The SMILES string of the molecule is Cc1cc(C)c(B(c2c(C)cc(C)cc2C)c2ccc3c4c(ccc(P(c5ccccc5)c5ccccc5)c24)CC3)c(C)c1. The van der Waals surface area contributed by atoms with Crippen molar-refractivity contribution in [3.63, 3.8) is 0 Å². The summed E-state index contributed by atoms with van der Waals surface area (Å²) in [6.07, 6.45) is 2.25. The summed E-state index contributed by atoms with van der Waals surface area (Å²) in [5, 5.41) is 7.28. The average molecular weight is 587 g/mol. The molecule has 1 aliphatic carbocycles. The minimum Gasteiger partial charge on any atom is -0.0660 e. The third-order valence-corrected chi connectivity index (χ3v) is 12.1. The third kappa shape index (κ3) is 4.93. The first-order valence-electron chi connectivity index (χ1n) is 15.9. The van der Waals surface area contributed by atoms with Crippen molar-refractivity contribution in [2.75, 3.05) is 0 Å². The predicted octanol–water partition coefficient (Wildman–Crippen LogP) is 7.06. The maximum atomic E-state index is 2.50. The molecule has 0 saturated carbocycles. The molecule has 6 aromatic carbocycles. The summed E-state index contributed by atoms with van der Waals surface area (Å²) in [7, 11) is -0.763. The fourth-order valence-corrected chi connectivity index (χ4v) is 10.6. The smallest absolute Gasteiger partial charge is 0.0660 e. The zero-order valence-electron chi connectivity index (χ0n) is 26.8. The molecular formula is C42H40BP. The van der Waals surface area contributed by atoms with Crippen LogP contribution < -0.4 is 32.3 Å². The van der Waals surface area contributed by atoms with Gasteiger partial charge >= 0.3 is 0 Å². The Balaban J connectivity index is 1.63. The molecule has 0 bridgehead atoms. The highest BCUT2D eigenvalue weighted by molar-refractivity contribution is 7.80. The molecule has 0 unspecified atom stereocenters. The molecule has 44 heavy (non-hydrogen) atoms. The second-order valence-electron chi connectivity index (χ2n) is 12.9. The zero-order chi connectivity index (χ0) is 30.5. The quantitative estimate of drug-likeness (QED) is 0.145. The van der Waals surface area contributed by atoms with E-state index in [1.807, 2.05) is 0 Å². The van der Waals surface area contributed by atoms with Gasteiger partial charge in [0.25, 0.3) is 0 Å². The van der Waals surface area contributed by atoms with Crippen molar-refractivity contribution in [3.05, 3.63) is 154 Å². The second-order valence-corrected chi connectivity index (χ2v) is 15.1. The Hall–Kier alpha value is -3.93. The fraction of sp³-hybridized carbons (Fsp3) is 0.190. The summed E-state index contributed by atoms with van der Waals surface area (Å²) >= 11 is 0. The van der Waals surface area contributed by atoms with Gasteiger partial charge in [0.15, 0.2) is 0 Å². The molecule has 0 heterocycles. The molecule has 0 amide bonds. The van der Waals surface area contributed by atoms with Crippen LogP contribution in [0.4, 0.5) is 0 Å². The van der Waals surface area contributed by atoms with Crippen LogP contribution in [0.3, 0.4) is 0 Å². The Bertz CT molecular complexity index is 1870. The van der Waals surface area contributed by atoms with Crippen LogP contribution in [0.5, 0.6) is 0 Å². The number of benzene rings is 6.